The van der Waals surface area contributed by atoms with Crippen molar-refractivity contribution in [3.63, 3.8) is 0 Å². The maximum Gasteiger partial charge on any atom is 0.330 e. The number of unbranched alkanes of at least 4 members (excludes halogenated alkanes) is 14. The predicted molar refractivity (Wildman–Crippen MR) is 110 cm³/mol. The molecule has 0 bridgehead atoms. The highest BCUT2D eigenvalue weighted by atomic mass is 16.5. The van der Waals surface area contributed by atoms with Crippen molar-refractivity contribution in [1.29, 1.82) is 0 Å². The van der Waals surface area contributed by atoms with Gasteiger partial charge in [-0.3, -0.25) is 0 Å². The van der Waals surface area contributed by atoms with Crippen LogP contribution in [0.5, 0.6) is 0 Å². The molecule has 0 heterocycles. The Morgan fingerprint density at radius 2 is 1.16 bits per heavy atom. The van der Waals surface area contributed by atoms with E-state index >= 15 is 0 Å². The Hall–Kier alpha value is -1.05. The molecule has 0 rings (SSSR count). The maximum absolute atomic E-state index is 10.8. The molecule has 2 heteroatoms. The second-order valence-corrected chi connectivity index (χ2v) is 7.02. The minimum absolute atomic E-state index is 0.310. The van der Waals surface area contributed by atoms with E-state index in [-0.39, 0.29) is 5.97 Å². The van der Waals surface area contributed by atoms with E-state index in [0.29, 0.717) is 6.61 Å². The summed E-state index contributed by atoms with van der Waals surface area (Å²) in [6.07, 6.45) is 27.0. The zero-order valence-corrected chi connectivity index (χ0v) is 16.8. The van der Waals surface area contributed by atoms with Crippen LogP contribution in [0, 0.1) is 0 Å². The normalized spacial score (nSPS) is 11.1. The molecule has 0 aromatic heterocycles. The zero-order valence-electron chi connectivity index (χ0n) is 16.8. The molecule has 0 amide bonds. The lowest BCUT2D eigenvalue weighted by molar-refractivity contribution is -0.137. The molecule has 0 aliphatic rings. The number of hydrogen-bond donors (Lipinski definition) is 0. The van der Waals surface area contributed by atoms with Crippen LogP contribution >= 0.6 is 0 Å². The lowest BCUT2D eigenvalue weighted by atomic mass is 10.1. The Labute approximate surface area is 157 Å². The van der Waals surface area contributed by atoms with Gasteiger partial charge in [0.05, 0.1) is 6.61 Å². The summed E-state index contributed by atoms with van der Waals surface area (Å²) in [4.78, 5) is 10.8. The number of esters is 1. The van der Waals surface area contributed by atoms with Crippen LogP contribution in [-0.2, 0) is 9.53 Å². The van der Waals surface area contributed by atoms with E-state index < -0.39 is 0 Å². The highest BCUT2D eigenvalue weighted by Crippen LogP contribution is 2.11. The van der Waals surface area contributed by atoms with Crippen LogP contribution in [0.4, 0.5) is 0 Å². The van der Waals surface area contributed by atoms with Gasteiger partial charge in [0.2, 0.25) is 0 Å². The van der Waals surface area contributed by atoms with E-state index in [1.165, 1.54) is 96.0 Å². The molecule has 0 N–H and O–H groups in total. The van der Waals surface area contributed by atoms with Crippen molar-refractivity contribution in [3.05, 3.63) is 24.8 Å². The van der Waals surface area contributed by atoms with Crippen LogP contribution in [-0.4, -0.2) is 12.6 Å². The number of hydrogen-bond acceptors (Lipinski definition) is 2. The first-order chi connectivity index (χ1) is 12.3. The molecule has 0 spiro atoms. The van der Waals surface area contributed by atoms with Crippen LogP contribution in [0.25, 0.3) is 0 Å². The summed E-state index contributed by atoms with van der Waals surface area (Å²) in [6.45, 7) is 6.19. The molecule has 0 aliphatic heterocycles. The van der Waals surface area contributed by atoms with E-state index in [9.17, 15) is 4.79 Å². The van der Waals surface area contributed by atoms with Crippen molar-refractivity contribution in [3.8, 4) is 0 Å². The largest absolute Gasteiger partial charge is 0.463 e. The van der Waals surface area contributed by atoms with Crippen molar-refractivity contribution in [2.24, 2.45) is 0 Å². The van der Waals surface area contributed by atoms with E-state index in [1.54, 1.807) is 0 Å². The standard InChI is InChI=1S/C23H42O2/c1-3-5-6-7-8-9-10-11-12-13-14-15-16-17-18-19-20-21-22-25-23(24)4-2/h4,15-16H,2-3,5-14,17-22H2,1H3/b16-15+. The first kappa shape index (κ1) is 23.9. The van der Waals surface area contributed by atoms with Gasteiger partial charge in [0.25, 0.3) is 0 Å². The van der Waals surface area contributed by atoms with Crippen LogP contribution in [0.15, 0.2) is 24.8 Å². The average molecular weight is 351 g/mol. The summed E-state index contributed by atoms with van der Waals surface area (Å²) >= 11 is 0. The minimum atomic E-state index is -0.310. The van der Waals surface area contributed by atoms with Gasteiger partial charge in [-0.25, -0.2) is 4.79 Å². The summed E-state index contributed by atoms with van der Waals surface area (Å²) in [6, 6.07) is 0. The predicted octanol–water partition coefficient (Wildman–Crippen LogP) is 7.53. The highest BCUT2D eigenvalue weighted by Gasteiger charge is 1.95. The van der Waals surface area contributed by atoms with Gasteiger partial charge in [-0.2, -0.15) is 0 Å². The molecule has 0 radical (unpaired) electrons. The number of ether oxygens (including phenoxy) is 1. The van der Waals surface area contributed by atoms with Gasteiger partial charge in [0, 0.05) is 6.08 Å². The van der Waals surface area contributed by atoms with Gasteiger partial charge >= 0.3 is 5.97 Å². The van der Waals surface area contributed by atoms with Crippen molar-refractivity contribution in [2.75, 3.05) is 6.61 Å². The quantitative estimate of drug-likeness (QED) is 0.104. The highest BCUT2D eigenvalue weighted by molar-refractivity contribution is 5.81. The Morgan fingerprint density at radius 3 is 1.64 bits per heavy atom. The molecular weight excluding hydrogens is 308 g/mol. The summed E-state index contributed by atoms with van der Waals surface area (Å²) in [5.74, 6) is -0.310. The third-order valence-corrected chi connectivity index (χ3v) is 4.57. The third-order valence-electron chi connectivity index (χ3n) is 4.57. The van der Waals surface area contributed by atoms with Crippen LogP contribution in [0.3, 0.4) is 0 Å². The summed E-state index contributed by atoms with van der Waals surface area (Å²) in [5.41, 5.74) is 0. The van der Waals surface area contributed by atoms with E-state index in [1.807, 2.05) is 0 Å². The topological polar surface area (TPSA) is 26.3 Å². The summed E-state index contributed by atoms with van der Waals surface area (Å²) in [7, 11) is 0. The second-order valence-electron chi connectivity index (χ2n) is 7.02. The fourth-order valence-corrected chi connectivity index (χ4v) is 2.93. The van der Waals surface area contributed by atoms with Crippen molar-refractivity contribution < 1.29 is 9.53 Å². The molecule has 0 atom stereocenters. The minimum Gasteiger partial charge on any atom is -0.463 e. The molecule has 2 nitrogen and oxygen atoms in total. The lowest BCUT2D eigenvalue weighted by Gasteiger charge is -2.02. The molecule has 0 aliphatic carbocycles. The molecular formula is C23H42O2. The van der Waals surface area contributed by atoms with Crippen molar-refractivity contribution in [2.45, 2.75) is 110 Å². The molecule has 0 aromatic rings. The van der Waals surface area contributed by atoms with Gasteiger partial charge < -0.3 is 4.74 Å². The monoisotopic (exact) mass is 350 g/mol. The fraction of sp³-hybridized carbons (Fsp3) is 0.783. The van der Waals surface area contributed by atoms with Crippen LogP contribution < -0.4 is 0 Å². The number of rotatable bonds is 19. The van der Waals surface area contributed by atoms with Gasteiger partial charge in [-0.05, 0) is 32.1 Å². The smallest absolute Gasteiger partial charge is 0.330 e. The van der Waals surface area contributed by atoms with Crippen LogP contribution in [0.1, 0.15) is 110 Å². The first-order valence-corrected chi connectivity index (χ1v) is 10.8. The third kappa shape index (κ3) is 20.9. The average Bonchev–Trinajstić information content (AvgIpc) is 2.63. The molecule has 0 aromatic carbocycles. The Morgan fingerprint density at radius 1 is 0.720 bits per heavy atom. The van der Waals surface area contributed by atoms with E-state index in [4.69, 9.17) is 4.74 Å². The van der Waals surface area contributed by atoms with E-state index in [2.05, 4.69) is 25.7 Å². The Kier molecular flexibility index (Phi) is 20.1. The molecule has 0 saturated heterocycles. The van der Waals surface area contributed by atoms with Crippen molar-refractivity contribution in [1.82, 2.24) is 0 Å². The van der Waals surface area contributed by atoms with Crippen molar-refractivity contribution >= 4 is 5.97 Å². The Bertz CT molecular complexity index is 320. The molecule has 25 heavy (non-hydrogen) atoms. The van der Waals surface area contributed by atoms with Gasteiger partial charge in [0.1, 0.15) is 0 Å². The van der Waals surface area contributed by atoms with Crippen LogP contribution in [0.2, 0.25) is 0 Å². The molecule has 0 saturated carbocycles. The SMILES string of the molecule is C=CC(=O)OCCCCCC/C=C/CCCCCCCCCCCC. The number of allylic oxidation sites excluding steroid dienone is 2. The zero-order chi connectivity index (χ0) is 18.4. The van der Waals surface area contributed by atoms with E-state index in [0.717, 1.165) is 12.8 Å². The lowest BCUT2D eigenvalue weighted by Crippen LogP contribution is -2.01. The number of carbonyl (C=O) groups is 1. The second kappa shape index (κ2) is 21.0. The van der Waals surface area contributed by atoms with Gasteiger partial charge in [-0.15, -0.1) is 0 Å². The van der Waals surface area contributed by atoms with Gasteiger partial charge in [0.15, 0.2) is 0 Å². The maximum atomic E-state index is 10.8. The molecule has 146 valence electrons. The first-order valence-electron chi connectivity index (χ1n) is 10.8. The fourth-order valence-electron chi connectivity index (χ4n) is 2.93. The molecule has 0 fully saturated rings. The number of carbonyl (C=O) groups excluding carboxylic acids is 1. The van der Waals surface area contributed by atoms with Gasteiger partial charge in [-0.1, -0.05) is 96.3 Å². The Balaban J connectivity index is 3.11. The summed E-state index contributed by atoms with van der Waals surface area (Å²) in [5, 5.41) is 0. The molecule has 0 unspecified atom stereocenters. The summed E-state index contributed by atoms with van der Waals surface area (Å²) < 4.78 is 4.95.